The fourth-order valence-corrected chi connectivity index (χ4v) is 1.47. The minimum atomic E-state index is -0.329. The van der Waals surface area contributed by atoms with Gasteiger partial charge < -0.3 is 10.2 Å². The zero-order valence-corrected chi connectivity index (χ0v) is 11.4. The summed E-state index contributed by atoms with van der Waals surface area (Å²) in [4.78, 5) is 35.2. The molecule has 0 aliphatic carbocycles. The van der Waals surface area contributed by atoms with Gasteiger partial charge in [0.05, 0.1) is 12.8 Å². The number of benzene rings is 1. The van der Waals surface area contributed by atoms with Crippen LogP contribution in [0.4, 0.5) is 5.69 Å². The van der Waals surface area contributed by atoms with Crippen LogP contribution in [0.15, 0.2) is 24.3 Å². The Labute approximate surface area is 112 Å². The molecular weight excluding hydrogens is 244 g/mol. The predicted molar refractivity (Wildman–Crippen MR) is 72.8 cm³/mol. The van der Waals surface area contributed by atoms with Gasteiger partial charge in [-0.15, -0.1) is 0 Å². The number of rotatable bonds is 5. The first kappa shape index (κ1) is 14.9. The van der Waals surface area contributed by atoms with E-state index >= 15 is 0 Å². The Morgan fingerprint density at radius 3 is 2.16 bits per heavy atom. The zero-order valence-electron chi connectivity index (χ0n) is 11.4. The van der Waals surface area contributed by atoms with Crippen molar-refractivity contribution >= 4 is 23.3 Å². The Bertz CT molecular complexity index is 478. The third-order valence-corrected chi connectivity index (χ3v) is 2.50. The van der Waals surface area contributed by atoms with Crippen LogP contribution in [0.5, 0.6) is 0 Å². The third kappa shape index (κ3) is 5.33. The second-order valence-electron chi connectivity index (χ2n) is 4.59. The summed E-state index contributed by atoms with van der Waals surface area (Å²) < 4.78 is 0. The van der Waals surface area contributed by atoms with E-state index in [0.717, 1.165) is 5.56 Å². The Balaban J connectivity index is 2.59. The summed E-state index contributed by atoms with van der Waals surface area (Å²) in [5, 5.41) is 2.62. The molecule has 0 saturated carbocycles. The van der Waals surface area contributed by atoms with Gasteiger partial charge in [0.2, 0.25) is 11.8 Å². The van der Waals surface area contributed by atoms with Crippen molar-refractivity contribution in [2.24, 2.45) is 0 Å². The number of likely N-dealkylation sites (N-methyl/N-ethyl adjacent to an activating group) is 1. The average molecular weight is 262 g/mol. The zero-order chi connectivity index (χ0) is 14.4. The van der Waals surface area contributed by atoms with Crippen molar-refractivity contribution in [3.63, 3.8) is 0 Å². The van der Waals surface area contributed by atoms with Crippen LogP contribution < -0.4 is 5.32 Å². The van der Waals surface area contributed by atoms with Gasteiger partial charge >= 0.3 is 0 Å². The van der Waals surface area contributed by atoms with Crippen molar-refractivity contribution in [3.05, 3.63) is 29.8 Å². The van der Waals surface area contributed by atoms with E-state index in [2.05, 4.69) is 5.32 Å². The van der Waals surface area contributed by atoms with E-state index in [1.165, 1.54) is 11.8 Å². The highest BCUT2D eigenvalue weighted by Crippen LogP contribution is 2.11. The number of carbonyl (C=O) groups excluding carboxylic acids is 3. The van der Waals surface area contributed by atoms with Gasteiger partial charge in [0.1, 0.15) is 5.78 Å². The fraction of sp³-hybridized carbons (Fsp3) is 0.357. The number of amides is 2. The molecule has 2 amide bonds. The van der Waals surface area contributed by atoms with Crippen LogP contribution in [0, 0.1) is 0 Å². The summed E-state index contributed by atoms with van der Waals surface area (Å²) in [6.07, 6.45) is 0.204. The SMILES string of the molecule is CC(=O)CC(=O)Nc1ccc(CC(=O)N(C)C)cc1. The Morgan fingerprint density at radius 1 is 1.11 bits per heavy atom. The highest BCUT2D eigenvalue weighted by molar-refractivity contribution is 6.03. The van der Waals surface area contributed by atoms with E-state index < -0.39 is 0 Å². The fourth-order valence-electron chi connectivity index (χ4n) is 1.47. The number of hydrogen-bond acceptors (Lipinski definition) is 3. The van der Waals surface area contributed by atoms with E-state index in [-0.39, 0.29) is 24.0 Å². The lowest BCUT2D eigenvalue weighted by Crippen LogP contribution is -2.23. The molecule has 5 heteroatoms. The number of nitrogens with one attached hydrogen (secondary N) is 1. The first-order chi connectivity index (χ1) is 8.88. The second-order valence-corrected chi connectivity index (χ2v) is 4.59. The highest BCUT2D eigenvalue weighted by atomic mass is 16.2. The van der Waals surface area contributed by atoms with Gasteiger partial charge in [-0.2, -0.15) is 0 Å². The molecule has 0 saturated heterocycles. The average Bonchev–Trinajstić information content (AvgIpc) is 2.30. The number of nitrogens with zero attached hydrogens (tertiary/aromatic N) is 1. The Morgan fingerprint density at radius 2 is 1.68 bits per heavy atom. The van der Waals surface area contributed by atoms with Crippen LogP contribution in [0.1, 0.15) is 18.9 Å². The second kappa shape index (κ2) is 6.68. The Kier molecular flexibility index (Phi) is 5.23. The lowest BCUT2D eigenvalue weighted by molar-refractivity contribution is -0.128. The highest BCUT2D eigenvalue weighted by Gasteiger charge is 2.07. The molecule has 1 N–H and O–H groups in total. The molecule has 19 heavy (non-hydrogen) atoms. The smallest absolute Gasteiger partial charge is 0.231 e. The summed E-state index contributed by atoms with van der Waals surface area (Å²) in [5.74, 6) is -0.483. The van der Waals surface area contributed by atoms with Gasteiger partial charge in [0, 0.05) is 19.8 Å². The summed E-state index contributed by atoms with van der Waals surface area (Å²) >= 11 is 0. The maximum Gasteiger partial charge on any atom is 0.231 e. The van der Waals surface area contributed by atoms with Crippen LogP contribution in [0.25, 0.3) is 0 Å². The summed E-state index contributed by atoms with van der Waals surface area (Å²) in [6, 6.07) is 7.00. The molecule has 1 rings (SSSR count). The van der Waals surface area contributed by atoms with Gasteiger partial charge in [-0.25, -0.2) is 0 Å². The maximum atomic E-state index is 11.5. The van der Waals surface area contributed by atoms with Crippen LogP contribution >= 0.6 is 0 Å². The topological polar surface area (TPSA) is 66.5 Å². The minimum absolute atomic E-state index is 0.0216. The van der Waals surface area contributed by atoms with Gasteiger partial charge in [-0.05, 0) is 24.6 Å². The number of Topliss-reactive ketones (excluding diaryl/α,β-unsaturated/α-hetero) is 1. The van der Waals surface area contributed by atoms with Crippen molar-refractivity contribution < 1.29 is 14.4 Å². The summed E-state index contributed by atoms with van der Waals surface area (Å²) in [7, 11) is 3.41. The number of hydrogen-bond donors (Lipinski definition) is 1. The van der Waals surface area contributed by atoms with Crippen LogP contribution in [0.3, 0.4) is 0 Å². The molecule has 1 aromatic carbocycles. The maximum absolute atomic E-state index is 11.5. The lowest BCUT2D eigenvalue weighted by atomic mass is 10.1. The normalized spacial score (nSPS) is 9.84. The van der Waals surface area contributed by atoms with Crippen molar-refractivity contribution in [1.82, 2.24) is 4.90 Å². The van der Waals surface area contributed by atoms with E-state index in [1.54, 1.807) is 38.4 Å². The largest absolute Gasteiger partial charge is 0.349 e. The first-order valence-corrected chi connectivity index (χ1v) is 5.97. The molecule has 0 heterocycles. The standard InChI is InChI=1S/C14H18N2O3/c1-10(17)8-13(18)15-12-6-4-11(5-7-12)9-14(19)16(2)3/h4-7H,8-9H2,1-3H3,(H,15,18). The molecule has 102 valence electrons. The molecule has 0 fully saturated rings. The number of anilines is 1. The first-order valence-electron chi connectivity index (χ1n) is 5.97. The van der Waals surface area contributed by atoms with E-state index in [1.807, 2.05) is 0 Å². The van der Waals surface area contributed by atoms with Crippen molar-refractivity contribution in [3.8, 4) is 0 Å². The molecule has 0 spiro atoms. The molecular formula is C14H18N2O3. The summed E-state index contributed by atoms with van der Waals surface area (Å²) in [5.41, 5.74) is 1.50. The molecule has 0 aliphatic heterocycles. The predicted octanol–water partition coefficient (Wildman–Crippen LogP) is 1.23. The van der Waals surface area contributed by atoms with Crippen molar-refractivity contribution in [2.75, 3.05) is 19.4 Å². The molecule has 0 radical (unpaired) electrons. The molecule has 0 unspecified atom stereocenters. The molecule has 5 nitrogen and oxygen atoms in total. The quantitative estimate of drug-likeness (QED) is 0.812. The van der Waals surface area contributed by atoms with E-state index in [4.69, 9.17) is 0 Å². The monoisotopic (exact) mass is 262 g/mol. The third-order valence-electron chi connectivity index (χ3n) is 2.50. The van der Waals surface area contributed by atoms with Crippen molar-refractivity contribution in [1.29, 1.82) is 0 Å². The molecule has 0 aromatic heterocycles. The number of ketones is 1. The minimum Gasteiger partial charge on any atom is -0.349 e. The Hall–Kier alpha value is -2.17. The van der Waals surface area contributed by atoms with Gasteiger partial charge in [0.25, 0.3) is 0 Å². The van der Waals surface area contributed by atoms with E-state index in [0.29, 0.717) is 12.1 Å². The van der Waals surface area contributed by atoms with Gasteiger partial charge in [-0.3, -0.25) is 14.4 Å². The lowest BCUT2D eigenvalue weighted by Gasteiger charge is -2.10. The van der Waals surface area contributed by atoms with Gasteiger partial charge in [0.15, 0.2) is 0 Å². The van der Waals surface area contributed by atoms with E-state index in [9.17, 15) is 14.4 Å². The molecule has 1 aromatic rings. The molecule has 0 bridgehead atoms. The summed E-state index contributed by atoms with van der Waals surface area (Å²) in [6.45, 7) is 1.37. The van der Waals surface area contributed by atoms with Crippen LogP contribution in [-0.2, 0) is 20.8 Å². The van der Waals surface area contributed by atoms with Gasteiger partial charge in [-0.1, -0.05) is 12.1 Å². The molecule has 0 aliphatic rings. The van der Waals surface area contributed by atoms with Crippen LogP contribution in [-0.4, -0.2) is 36.6 Å². The van der Waals surface area contributed by atoms with Crippen molar-refractivity contribution in [2.45, 2.75) is 19.8 Å². The number of carbonyl (C=O) groups is 3. The molecule has 0 atom stereocenters. The van der Waals surface area contributed by atoms with Crippen LogP contribution in [0.2, 0.25) is 0 Å².